The van der Waals surface area contributed by atoms with Crippen molar-refractivity contribution in [2.24, 2.45) is 0 Å². The summed E-state index contributed by atoms with van der Waals surface area (Å²) in [6.45, 7) is 9.50. The molecule has 0 aliphatic heterocycles. The van der Waals surface area contributed by atoms with E-state index in [1.165, 1.54) is 5.56 Å². The van der Waals surface area contributed by atoms with E-state index in [4.69, 9.17) is 4.74 Å². The Balaban J connectivity index is 2.14. The van der Waals surface area contributed by atoms with Crippen LogP contribution in [-0.2, 0) is 5.41 Å². The maximum absolute atomic E-state index is 5.84. The van der Waals surface area contributed by atoms with Crippen molar-refractivity contribution in [1.29, 1.82) is 0 Å². The van der Waals surface area contributed by atoms with Gasteiger partial charge in [-0.2, -0.15) is 4.98 Å². The summed E-state index contributed by atoms with van der Waals surface area (Å²) in [5.74, 6) is 1.94. The molecule has 0 saturated carbocycles. The number of ether oxygens (including phenoxy) is 1. The van der Waals surface area contributed by atoms with Crippen LogP contribution in [0.1, 0.15) is 39.7 Å². The van der Waals surface area contributed by atoms with E-state index in [1.54, 1.807) is 12.3 Å². The fourth-order valence-corrected chi connectivity index (χ4v) is 1.87. The minimum Gasteiger partial charge on any atom is -0.439 e. The molecule has 0 radical (unpaired) electrons. The van der Waals surface area contributed by atoms with Crippen molar-refractivity contribution in [2.45, 2.75) is 39.5 Å². The van der Waals surface area contributed by atoms with Gasteiger partial charge in [-0.3, -0.25) is 0 Å². The average Bonchev–Trinajstić information content (AvgIpc) is 2.45. The fraction of sp³-hybridized carbons (Fsp3) is 0.412. The topological polar surface area (TPSA) is 47.0 Å². The van der Waals surface area contributed by atoms with Gasteiger partial charge in [-0.1, -0.05) is 39.8 Å². The summed E-state index contributed by atoms with van der Waals surface area (Å²) >= 11 is 0. The van der Waals surface area contributed by atoms with E-state index in [0.29, 0.717) is 11.8 Å². The lowest BCUT2D eigenvalue weighted by Gasteiger charge is -2.19. The predicted molar refractivity (Wildman–Crippen MR) is 86.0 cm³/mol. The van der Waals surface area contributed by atoms with Crippen molar-refractivity contribution in [1.82, 2.24) is 9.97 Å². The Bertz CT molecular complexity index is 591. The van der Waals surface area contributed by atoms with Crippen LogP contribution in [-0.4, -0.2) is 16.5 Å². The first-order chi connectivity index (χ1) is 9.99. The molecular formula is C17H23N3O. The van der Waals surface area contributed by atoms with Gasteiger partial charge in [0.25, 0.3) is 0 Å². The lowest BCUT2D eigenvalue weighted by Crippen LogP contribution is -2.10. The molecule has 1 heterocycles. The molecular weight excluding hydrogens is 262 g/mol. The molecule has 0 atom stereocenters. The van der Waals surface area contributed by atoms with E-state index >= 15 is 0 Å². The second-order valence-corrected chi connectivity index (χ2v) is 6.03. The SMILES string of the molecule is CCCNc1nccc(Oc2cccc(C(C)(C)C)c2)n1. The van der Waals surface area contributed by atoms with Gasteiger partial charge in [0.05, 0.1) is 0 Å². The lowest BCUT2D eigenvalue weighted by atomic mass is 9.87. The van der Waals surface area contributed by atoms with Crippen LogP contribution >= 0.6 is 0 Å². The van der Waals surface area contributed by atoms with Gasteiger partial charge in [0.1, 0.15) is 5.75 Å². The number of hydrogen-bond donors (Lipinski definition) is 1. The monoisotopic (exact) mass is 285 g/mol. The van der Waals surface area contributed by atoms with Gasteiger partial charge in [0.15, 0.2) is 0 Å². The molecule has 4 heteroatoms. The summed E-state index contributed by atoms with van der Waals surface area (Å²) in [5, 5.41) is 3.15. The summed E-state index contributed by atoms with van der Waals surface area (Å²) in [4.78, 5) is 8.53. The molecule has 0 spiro atoms. The Hall–Kier alpha value is -2.10. The zero-order valence-electron chi connectivity index (χ0n) is 13.2. The molecule has 112 valence electrons. The van der Waals surface area contributed by atoms with Crippen LogP contribution in [0, 0.1) is 0 Å². The van der Waals surface area contributed by atoms with Gasteiger partial charge >= 0.3 is 0 Å². The van der Waals surface area contributed by atoms with Crippen molar-refractivity contribution in [3.63, 3.8) is 0 Å². The third-order valence-electron chi connectivity index (χ3n) is 3.09. The molecule has 1 aromatic heterocycles. The van der Waals surface area contributed by atoms with Crippen LogP contribution < -0.4 is 10.1 Å². The third kappa shape index (κ3) is 4.45. The summed E-state index contributed by atoms with van der Waals surface area (Å²) in [7, 11) is 0. The first-order valence-corrected chi connectivity index (χ1v) is 7.34. The van der Waals surface area contributed by atoms with E-state index < -0.39 is 0 Å². The highest BCUT2D eigenvalue weighted by atomic mass is 16.5. The van der Waals surface area contributed by atoms with Gasteiger partial charge in [0, 0.05) is 18.8 Å². The lowest BCUT2D eigenvalue weighted by molar-refractivity contribution is 0.459. The molecule has 4 nitrogen and oxygen atoms in total. The first kappa shape index (κ1) is 15.3. The maximum atomic E-state index is 5.84. The van der Waals surface area contributed by atoms with Gasteiger partial charge in [-0.05, 0) is 29.5 Å². The molecule has 0 unspecified atom stereocenters. The molecule has 0 fully saturated rings. The summed E-state index contributed by atoms with van der Waals surface area (Å²) < 4.78 is 5.84. The zero-order chi connectivity index (χ0) is 15.3. The second kappa shape index (κ2) is 6.57. The molecule has 1 N–H and O–H groups in total. The molecule has 21 heavy (non-hydrogen) atoms. The fourth-order valence-electron chi connectivity index (χ4n) is 1.87. The normalized spacial score (nSPS) is 11.2. The van der Waals surface area contributed by atoms with Crippen LogP contribution in [0.15, 0.2) is 36.5 Å². The van der Waals surface area contributed by atoms with Gasteiger partial charge < -0.3 is 10.1 Å². The number of rotatable bonds is 5. The van der Waals surface area contributed by atoms with E-state index in [1.807, 2.05) is 12.1 Å². The van der Waals surface area contributed by atoms with Gasteiger partial charge in [0.2, 0.25) is 11.8 Å². The molecule has 0 aliphatic rings. The van der Waals surface area contributed by atoms with Crippen LogP contribution in [0.3, 0.4) is 0 Å². The molecule has 2 rings (SSSR count). The summed E-state index contributed by atoms with van der Waals surface area (Å²) in [6, 6.07) is 9.88. The quantitative estimate of drug-likeness (QED) is 0.885. The van der Waals surface area contributed by atoms with E-state index in [-0.39, 0.29) is 5.41 Å². The summed E-state index contributed by atoms with van der Waals surface area (Å²) in [6.07, 6.45) is 2.73. The van der Waals surface area contributed by atoms with Crippen molar-refractivity contribution in [2.75, 3.05) is 11.9 Å². The van der Waals surface area contributed by atoms with E-state index in [0.717, 1.165) is 18.7 Å². The molecule has 0 aliphatic carbocycles. The number of benzene rings is 1. The molecule has 1 aromatic carbocycles. The number of aromatic nitrogens is 2. The Morgan fingerprint density at radius 2 is 2.00 bits per heavy atom. The van der Waals surface area contributed by atoms with Gasteiger partial charge in [-0.25, -0.2) is 4.98 Å². The van der Waals surface area contributed by atoms with Crippen LogP contribution in [0.5, 0.6) is 11.6 Å². The standard InChI is InChI=1S/C17H23N3O/c1-5-10-18-16-19-11-9-15(20-16)21-14-8-6-7-13(12-14)17(2,3)4/h6-9,11-12H,5,10H2,1-4H3,(H,18,19,20). The number of anilines is 1. The number of nitrogens with one attached hydrogen (secondary N) is 1. The third-order valence-corrected chi connectivity index (χ3v) is 3.09. The Kier molecular flexibility index (Phi) is 4.78. The molecule has 2 aromatic rings. The van der Waals surface area contributed by atoms with Crippen molar-refractivity contribution in [3.05, 3.63) is 42.1 Å². The average molecular weight is 285 g/mol. The number of nitrogens with zero attached hydrogens (tertiary/aromatic N) is 2. The molecule has 0 bridgehead atoms. The largest absolute Gasteiger partial charge is 0.439 e. The smallest absolute Gasteiger partial charge is 0.225 e. The first-order valence-electron chi connectivity index (χ1n) is 7.34. The zero-order valence-corrected chi connectivity index (χ0v) is 13.2. The second-order valence-electron chi connectivity index (χ2n) is 6.03. The highest BCUT2D eigenvalue weighted by Gasteiger charge is 2.14. The highest BCUT2D eigenvalue weighted by Crippen LogP contribution is 2.27. The Morgan fingerprint density at radius 1 is 1.19 bits per heavy atom. The number of hydrogen-bond acceptors (Lipinski definition) is 4. The molecule has 0 saturated heterocycles. The molecule has 0 amide bonds. The van der Waals surface area contributed by atoms with Crippen molar-refractivity contribution in [3.8, 4) is 11.6 Å². The minimum absolute atomic E-state index is 0.0961. The minimum atomic E-state index is 0.0961. The van der Waals surface area contributed by atoms with E-state index in [2.05, 4.69) is 55.1 Å². The van der Waals surface area contributed by atoms with Gasteiger partial charge in [-0.15, -0.1) is 0 Å². The summed E-state index contributed by atoms with van der Waals surface area (Å²) in [5.41, 5.74) is 1.33. The van der Waals surface area contributed by atoms with Crippen LogP contribution in [0.4, 0.5) is 5.95 Å². The van der Waals surface area contributed by atoms with E-state index in [9.17, 15) is 0 Å². The Morgan fingerprint density at radius 3 is 2.71 bits per heavy atom. The maximum Gasteiger partial charge on any atom is 0.225 e. The van der Waals surface area contributed by atoms with Crippen molar-refractivity contribution < 1.29 is 4.74 Å². The van der Waals surface area contributed by atoms with Crippen molar-refractivity contribution >= 4 is 5.95 Å². The predicted octanol–water partition coefficient (Wildman–Crippen LogP) is 4.39. The highest BCUT2D eigenvalue weighted by molar-refractivity contribution is 5.36. The Labute approximate surface area is 126 Å². The van der Waals surface area contributed by atoms with Crippen LogP contribution in [0.2, 0.25) is 0 Å². The van der Waals surface area contributed by atoms with Crippen LogP contribution in [0.25, 0.3) is 0 Å².